The summed E-state index contributed by atoms with van der Waals surface area (Å²) in [5.41, 5.74) is 1.15. The topological polar surface area (TPSA) is 49.3 Å². The predicted molar refractivity (Wildman–Crippen MR) is 90.3 cm³/mol. The van der Waals surface area contributed by atoms with Gasteiger partial charge in [0.05, 0.1) is 10.7 Å². The van der Waals surface area contributed by atoms with Gasteiger partial charge in [-0.05, 0) is 27.7 Å². The maximum Gasteiger partial charge on any atom is 0.191 e. The first-order valence-electron chi connectivity index (χ1n) is 5.93. The molecule has 0 unspecified atom stereocenters. The van der Waals surface area contributed by atoms with Crippen LogP contribution in [0.4, 0.5) is 0 Å². The third kappa shape index (κ3) is 5.99. The second-order valence-electron chi connectivity index (χ2n) is 4.29. The molecule has 0 aromatic carbocycles. The number of nitrogens with one attached hydrogen (secondary N) is 2. The molecule has 0 amide bonds. The fourth-order valence-corrected chi connectivity index (χ4v) is 2.50. The van der Waals surface area contributed by atoms with Crippen molar-refractivity contribution < 1.29 is 0 Å². The van der Waals surface area contributed by atoms with Crippen molar-refractivity contribution in [3.63, 3.8) is 0 Å². The number of hydrogen-bond donors (Lipinski definition) is 2. The third-order valence-corrected chi connectivity index (χ3v) is 3.43. The van der Waals surface area contributed by atoms with Crippen LogP contribution in [0, 0.1) is 13.8 Å². The van der Waals surface area contributed by atoms with Crippen molar-refractivity contribution in [3.8, 4) is 0 Å². The molecular formula is C12H23IN4S. The SMILES string of the molecule is CN=C(NCCc1sc(C)nc1C)NC(C)C.I. The molecule has 0 bridgehead atoms. The van der Waals surface area contributed by atoms with E-state index < -0.39 is 0 Å². The van der Waals surface area contributed by atoms with Gasteiger partial charge in [-0.1, -0.05) is 0 Å². The van der Waals surface area contributed by atoms with E-state index in [9.17, 15) is 0 Å². The van der Waals surface area contributed by atoms with Gasteiger partial charge in [-0.3, -0.25) is 4.99 Å². The second kappa shape index (κ2) is 8.68. The summed E-state index contributed by atoms with van der Waals surface area (Å²) in [6, 6.07) is 0.397. The minimum absolute atomic E-state index is 0. The molecule has 0 spiro atoms. The summed E-state index contributed by atoms with van der Waals surface area (Å²) in [5, 5.41) is 7.71. The lowest BCUT2D eigenvalue weighted by atomic mass is 10.3. The highest BCUT2D eigenvalue weighted by atomic mass is 127. The lowest BCUT2D eigenvalue weighted by Crippen LogP contribution is -2.41. The zero-order valence-electron chi connectivity index (χ0n) is 11.7. The first-order valence-corrected chi connectivity index (χ1v) is 6.74. The van der Waals surface area contributed by atoms with Crippen LogP contribution in [0.5, 0.6) is 0 Å². The molecule has 0 atom stereocenters. The average molecular weight is 382 g/mol. The molecule has 1 aromatic heterocycles. The number of nitrogens with zero attached hydrogens (tertiary/aromatic N) is 2. The summed E-state index contributed by atoms with van der Waals surface area (Å²) in [6.07, 6.45) is 0.996. The first kappa shape index (κ1) is 17.6. The average Bonchev–Trinajstić information content (AvgIpc) is 2.55. The molecule has 104 valence electrons. The molecule has 1 rings (SSSR count). The Labute approximate surface area is 131 Å². The first-order chi connectivity index (χ1) is 8.02. The number of aliphatic imine (C=N–C) groups is 1. The van der Waals surface area contributed by atoms with E-state index in [1.165, 1.54) is 4.88 Å². The Morgan fingerprint density at radius 1 is 1.39 bits per heavy atom. The molecule has 0 aliphatic rings. The minimum Gasteiger partial charge on any atom is -0.356 e. The molecule has 0 aliphatic heterocycles. The van der Waals surface area contributed by atoms with E-state index in [0.29, 0.717) is 6.04 Å². The van der Waals surface area contributed by atoms with Crippen LogP contribution in [-0.2, 0) is 6.42 Å². The standard InChI is InChI=1S/C12H22N4S.HI/c1-8(2)15-12(13-5)14-7-6-11-9(3)16-10(4)17-11;/h8H,6-7H2,1-5H3,(H2,13,14,15);1H. The highest BCUT2D eigenvalue weighted by molar-refractivity contribution is 14.0. The van der Waals surface area contributed by atoms with Crippen LogP contribution in [0.1, 0.15) is 29.4 Å². The van der Waals surface area contributed by atoms with E-state index in [-0.39, 0.29) is 24.0 Å². The zero-order chi connectivity index (χ0) is 12.8. The summed E-state index contributed by atoms with van der Waals surface area (Å²) >= 11 is 1.78. The number of rotatable bonds is 4. The Morgan fingerprint density at radius 2 is 2.06 bits per heavy atom. The summed E-state index contributed by atoms with van der Waals surface area (Å²) in [6.45, 7) is 9.20. The van der Waals surface area contributed by atoms with Gasteiger partial charge >= 0.3 is 0 Å². The molecule has 0 saturated carbocycles. The normalized spacial score (nSPS) is 11.3. The highest BCUT2D eigenvalue weighted by Gasteiger charge is 2.05. The molecule has 6 heteroatoms. The molecule has 1 heterocycles. The Balaban J connectivity index is 0.00000289. The summed E-state index contributed by atoms with van der Waals surface area (Å²) in [4.78, 5) is 9.95. The number of hydrogen-bond acceptors (Lipinski definition) is 3. The van der Waals surface area contributed by atoms with Crippen LogP contribution in [0.15, 0.2) is 4.99 Å². The van der Waals surface area contributed by atoms with Gasteiger partial charge in [-0.25, -0.2) is 4.98 Å². The van der Waals surface area contributed by atoms with Crippen LogP contribution >= 0.6 is 35.3 Å². The summed E-state index contributed by atoms with van der Waals surface area (Å²) in [7, 11) is 1.79. The third-order valence-electron chi connectivity index (χ3n) is 2.29. The van der Waals surface area contributed by atoms with Crippen LogP contribution in [0.2, 0.25) is 0 Å². The van der Waals surface area contributed by atoms with Crippen molar-refractivity contribution in [3.05, 3.63) is 15.6 Å². The Bertz CT molecular complexity index is 387. The Kier molecular flexibility index (Phi) is 8.51. The van der Waals surface area contributed by atoms with Gasteiger partial charge in [-0.2, -0.15) is 0 Å². The number of aryl methyl sites for hydroxylation is 2. The van der Waals surface area contributed by atoms with E-state index >= 15 is 0 Å². The quantitative estimate of drug-likeness (QED) is 0.478. The van der Waals surface area contributed by atoms with E-state index in [1.807, 2.05) is 6.92 Å². The van der Waals surface area contributed by atoms with Gasteiger partial charge in [-0.15, -0.1) is 35.3 Å². The predicted octanol–water partition coefficient (Wildman–Crippen LogP) is 2.49. The summed E-state index contributed by atoms with van der Waals surface area (Å²) < 4.78 is 0. The van der Waals surface area contributed by atoms with Gasteiger partial charge in [0.25, 0.3) is 0 Å². The Hall–Kier alpha value is -0.370. The van der Waals surface area contributed by atoms with Gasteiger partial charge in [0.1, 0.15) is 0 Å². The minimum atomic E-state index is 0. The van der Waals surface area contributed by atoms with E-state index in [1.54, 1.807) is 18.4 Å². The monoisotopic (exact) mass is 382 g/mol. The number of thiazole rings is 1. The Morgan fingerprint density at radius 3 is 2.50 bits per heavy atom. The lowest BCUT2D eigenvalue weighted by Gasteiger charge is -2.13. The zero-order valence-corrected chi connectivity index (χ0v) is 14.8. The molecule has 0 saturated heterocycles. The largest absolute Gasteiger partial charge is 0.356 e. The second-order valence-corrected chi connectivity index (χ2v) is 5.58. The fraction of sp³-hybridized carbons (Fsp3) is 0.667. The molecule has 0 radical (unpaired) electrons. The van der Waals surface area contributed by atoms with Gasteiger partial charge in [0, 0.05) is 30.9 Å². The van der Waals surface area contributed by atoms with Crippen LogP contribution in [0.3, 0.4) is 0 Å². The van der Waals surface area contributed by atoms with Crippen molar-refractivity contribution in [2.75, 3.05) is 13.6 Å². The van der Waals surface area contributed by atoms with E-state index in [0.717, 1.165) is 29.6 Å². The van der Waals surface area contributed by atoms with Crippen LogP contribution < -0.4 is 10.6 Å². The number of halogens is 1. The van der Waals surface area contributed by atoms with E-state index in [2.05, 4.69) is 41.4 Å². The van der Waals surface area contributed by atoms with E-state index in [4.69, 9.17) is 0 Å². The maximum absolute atomic E-state index is 4.42. The number of aromatic nitrogens is 1. The van der Waals surface area contributed by atoms with Crippen molar-refractivity contribution in [2.45, 2.75) is 40.2 Å². The van der Waals surface area contributed by atoms with Crippen molar-refractivity contribution >= 4 is 41.3 Å². The molecule has 18 heavy (non-hydrogen) atoms. The van der Waals surface area contributed by atoms with Gasteiger partial charge < -0.3 is 10.6 Å². The van der Waals surface area contributed by atoms with Crippen molar-refractivity contribution in [1.82, 2.24) is 15.6 Å². The maximum atomic E-state index is 4.42. The lowest BCUT2D eigenvalue weighted by molar-refractivity contribution is 0.698. The van der Waals surface area contributed by atoms with Crippen molar-refractivity contribution in [2.24, 2.45) is 4.99 Å². The fourth-order valence-electron chi connectivity index (χ4n) is 1.57. The molecule has 0 fully saturated rings. The molecule has 0 aliphatic carbocycles. The van der Waals surface area contributed by atoms with Crippen LogP contribution in [-0.4, -0.2) is 30.6 Å². The molecule has 2 N–H and O–H groups in total. The van der Waals surface area contributed by atoms with Gasteiger partial charge in [0.15, 0.2) is 5.96 Å². The smallest absolute Gasteiger partial charge is 0.191 e. The van der Waals surface area contributed by atoms with Crippen LogP contribution in [0.25, 0.3) is 0 Å². The highest BCUT2D eigenvalue weighted by Crippen LogP contribution is 2.16. The molecule has 4 nitrogen and oxygen atoms in total. The molecular weight excluding hydrogens is 359 g/mol. The molecule has 1 aromatic rings. The summed E-state index contributed by atoms with van der Waals surface area (Å²) in [5.74, 6) is 0.860. The number of guanidine groups is 1. The van der Waals surface area contributed by atoms with Crippen molar-refractivity contribution in [1.29, 1.82) is 0 Å². The van der Waals surface area contributed by atoms with Gasteiger partial charge in [0.2, 0.25) is 0 Å².